The highest BCUT2D eigenvalue weighted by molar-refractivity contribution is 7.08. The molecule has 3 rings (SSSR count). The lowest BCUT2D eigenvalue weighted by molar-refractivity contribution is 0.0576. The average Bonchev–Trinajstić information content (AvgIpc) is 3.20. The number of β-amino-alcohol motifs (C(OH)–C–C–N with tert-alkyl or cyclic N) is 1. The fourth-order valence-electron chi connectivity index (χ4n) is 2.69. The Morgan fingerprint density at radius 3 is 3.08 bits per heavy atom. The van der Waals surface area contributed by atoms with E-state index < -0.39 is 11.4 Å². The number of pyridine rings is 1. The van der Waals surface area contributed by atoms with Gasteiger partial charge in [0, 0.05) is 19.6 Å². The first-order chi connectivity index (χ1) is 11.5. The quantitative estimate of drug-likeness (QED) is 0.835. The molecule has 1 aliphatic heterocycles. The van der Waals surface area contributed by atoms with Crippen molar-refractivity contribution in [1.82, 2.24) is 19.9 Å². The number of aromatic nitrogens is 3. The maximum atomic E-state index is 12.9. The van der Waals surface area contributed by atoms with Gasteiger partial charge in [-0.15, -0.1) is 5.10 Å². The number of aliphatic hydroxyl groups is 1. The van der Waals surface area contributed by atoms with E-state index in [0.717, 1.165) is 17.7 Å². The summed E-state index contributed by atoms with van der Waals surface area (Å²) >= 11 is 1.05. The molecule has 1 fully saturated rings. The Bertz CT molecular complexity index is 723. The number of hydrogen-bond acceptors (Lipinski definition) is 7. The number of carbonyl (C=O) groups is 1. The summed E-state index contributed by atoms with van der Waals surface area (Å²) in [4.78, 5) is 18.6. The summed E-state index contributed by atoms with van der Waals surface area (Å²) in [6, 6.07) is 2.92. The number of rotatable bonds is 5. The van der Waals surface area contributed by atoms with E-state index in [2.05, 4.69) is 19.9 Å². The molecule has 0 radical (unpaired) electrons. The van der Waals surface area contributed by atoms with Crippen LogP contribution in [0.2, 0.25) is 0 Å². The highest BCUT2D eigenvalue weighted by Crippen LogP contribution is 2.25. The average molecular weight is 351 g/mol. The fourth-order valence-corrected chi connectivity index (χ4v) is 3.36. The lowest BCUT2D eigenvalue weighted by Crippen LogP contribution is -2.45. The molecule has 0 aromatic carbocycles. The summed E-state index contributed by atoms with van der Waals surface area (Å²) < 4.78 is 16.7. The molecule has 0 unspecified atom stereocenters. The van der Waals surface area contributed by atoms with Crippen LogP contribution < -0.4 is 10.2 Å². The van der Waals surface area contributed by atoms with Crippen LogP contribution in [0.3, 0.4) is 0 Å². The van der Waals surface area contributed by atoms with Gasteiger partial charge in [-0.1, -0.05) is 11.4 Å². The first-order valence-corrected chi connectivity index (χ1v) is 8.46. The Balaban J connectivity index is 1.59. The third kappa shape index (κ3) is 3.51. The minimum atomic E-state index is -1.05. The third-order valence-corrected chi connectivity index (χ3v) is 4.81. The Labute approximate surface area is 142 Å². The molecule has 0 bridgehead atoms. The lowest BCUT2D eigenvalue weighted by atomic mass is 10.0. The highest BCUT2D eigenvalue weighted by atomic mass is 32.1. The summed E-state index contributed by atoms with van der Waals surface area (Å²) in [5.74, 6) is -0.0578. The minimum Gasteiger partial charge on any atom is -0.386 e. The molecule has 1 aliphatic rings. The number of amides is 1. The molecule has 0 saturated carbocycles. The van der Waals surface area contributed by atoms with E-state index in [4.69, 9.17) is 0 Å². The van der Waals surface area contributed by atoms with Crippen LogP contribution in [-0.4, -0.2) is 50.8 Å². The van der Waals surface area contributed by atoms with Crippen molar-refractivity contribution in [2.24, 2.45) is 0 Å². The first-order valence-electron chi connectivity index (χ1n) is 7.69. The minimum absolute atomic E-state index is 0.130. The smallest absolute Gasteiger partial charge is 0.265 e. The van der Waals surface area contributed by atoms with Crippen LogP contribution in [0.5, 0.6) is 0 Å². The maximum Gasteiger partial charge on any atom is 0.265 e. The number of anilines is 1. The second-order valence-electron chi connectivity index (χ2n) is 5.82. The predicted molar refractivity (Wildman–Crippen MR) is 87.6 cm³/mol. The summed E-state index contributed by atoms with van der Waals surface area (Å²) in [6.45, 7) is 2.96. The van der Waals surface area contributed by atoms with Gasteiger partial charge in [0.15, 0.2) is 0 Å². The monoisotopic (exact) mass is 351 g/mol. The number of nitrogens with zero attached hydrogens (tertiary/aromatic N) is 4. The summed E-state index contributed by atoms with van der Waals surface area (Å²) in [5, 5.41) is 17.3. The molecule has 7 nitrogen and oxygen atoms in total. The number of halogens is 1. The number of aryl methyl sites for hydroxylation is 1. The Morgan fingerprint density at radius 1 is 1.54 bits per heavy atom. The van der Waals surface area contributed by atoms with Gasteiger partial charge < -0.3 is 15.3 Å². The van der Waals surface area contributed by atoms with E-state index in [1.54, 1.807) is 6.07 Å². The molecule has 1 saturated heterocycles. The zero-order valence-electron chi connectivity index (χ0n) is 13.2. The zero-order valence-corrected chi connectivity index (χ0v) is 14.0. The van der Waals surface area contributed by atoms with Crippen molar-refractivity contribution in [3.8, 4) is 0 Å². The highest BCUT2D eigenvalue weighted by Gasteiger charge is 2.37. The van der Waals surface area contributed by atoms with Gasteiger partial charge in [0.05, 0.1) is 11.9 Å². The van der Waals surface area contributed by atoms with Crippen molar-refractivity contribution in [2.75, 3.05) is 24.5 Å². The van der Waals surface area contributed by atoms with E-state index in [1.807, 2.05) is 11.8 Å². The predicted octanol–water partition coefficient (Wildman–Crippen LogP) is 1.01. The van der Waals surface area contributed by atoms with Crippen molar-refractivity contribution >= 4 is 23.3 Å². The number of nitrogens with one attached hydrogen (secondary N) is 1. The molecule has 1 atom stereocenters. The zero-order chi connectivity index (χ0) is 17.2. The standard InChI is InChI=1S/C15H18FN5O2S/c1-2-11-13(24-20-19-11)14(22)18-8-15(23)5-6-21(9-15)12-4-3-10(16)7-17-12/h3-4,7,23H,2,5-6,8-9H2,1H3,(H,18,22)/t15-/m1/s1. The van der Waals surface area contributed by atoms with Crippen LogP contribution in [0.4, 0.5) is 10.2 Å². The normalized spacial score (nSPS) is 20.4. The molecule has 1 amide bonds. The molecular formula is C15H18FN5O2S. The molecule has 9 heteroatoms. The van der Waals surface area contributed by atoms with Gasteiger partial charge in [0.25, 0.3) is 5.91 Å². The second-order valence-corrected chi connectivity index (χ2v) is 6.57. The molecule has 2 N–H and O–H groups in total. The van der Waals surface area contributed by atoms with E-state index in [-0.39, 0.29) is 12.5 Å². The van der Waals surface area contributed by atoms with Crippen LogP contribution in [-0.2, 0) is 6.42 Å². The Kier molecular flexibility index (Phi) is 4.72. The van der Waals surface area contributed by atoms with E-state index in [1.165, 1.54) is 6.07 Å². The number of carbonyl (C=O) groups excluding carboxylic acids is 1. The van der Waals surface area contributed by atoms with Crippen LogP contribution in [0.15, 0.2) is 18.3 Å². The van der Waals surface area contributed by atoms with Gasteiger partial charge in [0.2, 0.25) is 0 Å². The molecule has 0 spiro atoms. The van der Waals surface area contributed by atoms with E-state index in [9.17, 15) is 14.3 Å². The van der Waals surface area contributed by atoms with Gasteiger partial charge in [-0.2, -0.15) is 0 Å². The van der Waals surface area contributed by atoms with Crippen molar-refractivity contribution in [2.45, 2.75) is 25.4 Å². The van der Waals surface area contributed by atoms with Gasteiger partial charge in [-0.25, -0.2) is 9.37 Å². The molecule has 2 aromatic rings. The van der Waals surface area contributed by atoms with Crippen molar-refractivity contribution in [3.63, 3.8) is 0 Å². The molecule has 0 aliphatic carbocycles. The van der Waals surface area contributed by atoms with Crippen molar-refractivity contribution < 1.29 is 14.3 Å². The number of hydrogen-bond donors (Lipinski definition) is 2. The summed E-state index contributed by atoms with van der Waals surface area (Å²) in [7, 11) is 0. The SMILES string of the molecule is CCc1nnsc1C(=O)NC[C@]1(O)CCN(c2ccc(F)cn2)C1. The van der Waals surface area contributed by atoms with Gasteiger partial charge in [-0.05, 0) is 36.5 Å². The molecular weight excluding hydrogens is 333 g/mol. The van der Waals surface area contributed by atoms with Crippen LogP contribution >= 0.6 is 11.5 Å². The molecule has 3 heterocycles. The summed E-state index contributed by atoms with van der Waals surface area (Å²) in [5.41, 5.74) is -0.385. The molecule has 2 aromatic heterocycles. The van der Waals surface area contributed by atoms with Crippen LogP contribution in [0, 0.1) is 5.82 Å². The van der Waals surface area contributed by atoms with E-state index >= 15 is 0 Å². The fraction of sp³-hybridized carbons (Fsp3) is 0.467. The van der Waals surface area contributed by atoms with E-state index in [0.29, 0.717) is 42.3 Å². The van der Waals surface area contributed by atoms with Gasteiger partial charge in [0.1, 0.15) is 22.1 Å². The largest absolute Gasteiger partial charge is 0.386 e. The van der Waals surface area contributed by atoms with Crippen molar-refractivity contribution in [3.05, 3.63) is 34.7 Å². The Morgan fingerprint density at radius 2 is 2.38 bits per heavy atom. The Hall–Kier alpha value is -2.13. The summed E-state index contributed by atoms with van der Waals surface area (Å²) in [6.07, 6.45) is 2.28. The van der Waals surface area contributed by atoms with Crippen LogP contribution in [0.25, 0.3) is 0 Å². The van der Waals surface area contributed by atoms with Gasteiger partial charge >= 0.3 is 0 Å². The topological polar surface area (TPSA) is 91.2 Å². The second kappa shape index (κ2) is 6.78. The third-order valence-electron chi connectivity index (χ3n) is 4.04. The molecule has 128 valence electrons. The first kappa shape index (κ1) is 16.7. The molecule has 24 heavy (non-hydrogen) atoms. The maximum absolute atomic E-state index is 12.9. The lowest BCUT2D eigenvalue weighted by Gasteiger charge is -2.24. The van der Waals surface area contributed by atoms with Gasteiger partial charge in [-0.3, -0.25) is 4.79 Å². The van der Waals surface area contributed by atoms with Crippen LogP contribution in [0.1, 0.15) is 28.7 Å². The van der Waals surface area contributed by atoms with Crippen molar-refractivity contribution in [1.29, 1.82) is 0 Å².